The summed E-state index contributed by atoms with van der Waals surface area (Å²) in [7, 11) is 0. The van der Waals surface area contributed by atoms with Crippen molar-refractivity contribution in [3.8, 4) is 0 Å². The highest BCUT2D eigenvalue weighted by Gasteiger charge is 2.21. The molecule has 0 amide bonds. The van der Waals surface area contributed by atoms with Crippen molar-refractivity contribution in [2.24, 2.45) is 5.73 Å². The van der Waals surface area contributed by atoms with Crippen molar-refractivity contribution in [1.29, 1.82) is 0 Å². The van der Waals surface area contributed by atoms with Crippen LogP contribution in [-0.2, 0) is 6.42 Å². The molecule has 0 aliphatic rings. The zero-order chi connectivity index (χ0) is 12.0. The number of rotatable bonds is 6. The summed E-state index contributed by atoms with van der Waals surface area (Å²) in [5, 5.41) is 0.749. The van der Waals surface area contributed by atoms with Gasteiger partial charge in [-0.3, -0.25) is 0 Å². The molecule has 86 valence electrons. The first-order valence-electron chi connectivity index (χ1n) is 5.35. The van der Waals surface area contributed by atoms with E-state index in [4.69, 9.17) is 17.3 Å². The fourth-order valence-corrected chi connectivity index (χ4v) is 1.94. The van der Waals surface area contributed by atoms with Gasteiger partial charge in [-0.15, -0.1) is 13.2 Å². The zero-order valence-corrected chi connectivity index (χ0v) is 10.2. The molecule has 0 fully saturated rings. The minimum absolute atomic E-state index is 0.280. The topological polar surface area (TPSA) is 26.0 Å². The lowest BCUT2D eigenvalue weighted by Crippen LogP contribution is -2.41. The van der Waals surface area contributed by atoms with Gasteiger partial charge in [-0.05, 0) is 37.0 Å². The Kier molecular flexibility index (Phi) is 4.78. The summed E-state index contributed by atoms with van der Waals surface area (Å²) in [6, 6.07) is 7.80. The Labute approximate surface area is 103 Å². The van der Waals surface area contributed by atoms with E-state index in [1.165, 1.54) is 5.56 Å². The maximum Gasteiger partial charge on any atom is 0.0406 e. The molecule has 16 heavy (non-hydrogen) atoms. The summed E-state index contributed by atoms with van der Waals surface area (Å²) in [6.07, 6.45) is 6.09. The molecule has 0 saturated heterocycles. The monoisotopic (exact) mass is 235 g/mol. The van der Waals surface area contributed by atoms with Gasteiger partial charge in [0.1, 0.15) is 0 Å². The molecule has 0 unspecified atom stereocenters. The molecule has 1 aromatic carbocycles. The molecule has 0 aliphatic carbocycles. The number of nitrogens with two attached hydrogens (primary N) is 1. The Morgan fingerprint density at radius 2 is 1.62 bits per heavy atom. The molecule has 1 nitrogen and oxygen atoms in total. The molecule has 1 rings (SSSR count). The van der Waals surface area contributed by atoms with Crippen LogP contribution in [0.4, 0.5) is 0 Å². The lowest BCUT2D eigenvalue weighted by atomic mass is 9.85. The lowest BCUT2D eigenvalue weighted by molar-refractivity contribution is 0.432. The van der Waals surface area contributed by atoms with Crippen molar-refractivity contribution in [1.82, 2.24) is 0 Å². The van der Waals surface area contributed by atoms with Crippen LogP contribution in [0.2, 0.25) is 5.02 Å². The van der Waals surface area contributed by atoms with E-state index >= 15 is 0 Å². The largest absolute Gasteiger partial charge is 0.324 e. The minimum atomic E-state index is -0.280. The van der Waals surface area contributed by atoms with Gasteiger partial charge in [-0.2, -0.15) is 0 Å². The molecule has 2 N–H and O–H groups in total. The highest BCUT2D eigenvalue weighted by Crippen LogP contribution is 2.21. The normalized spacial score (nSPS) is 11.1. The van der Waals surface area contributed by atoms with Crippen LogP contribution < -0.4 is 5.73 Å². The summed E-state index contributed by atoms with van der Waals surface area (Å²) in [6.45, 7) is 7.50. The molecule has 0 bridgehead atoms. The first-order valence-corrected chi connectivity index (χ1v) is 5.72. The number of hydrogen-bond donors (Lipinski definition) is 1. The fraction of sp³-hybridized carbons (Fsp3) is 0.286. The van der Waals surface area contributed by atoms with Crippen LogP contribution >= 0.6 is 11.6 Å². The standard InChI is InChI=1S/C14H18ClN/c1-3-9-14(16,10-4-2)11-12-5-7-13(15)8-6-12/h3-8H,1-2,9-11,16H2. The summed E-state index contributed by atoms with van der Waals surface area (Å²) in [4.78, 5) is 0. The molecule has 0 aromatic heterocycles. The van der Waals surface area contributed by atoms with E-state index in [9.17, 15) is 0 Å². The second-order valence-corrected chi connectivity index (χ2v) is 4.59. The van der Waals surface area contributed by atoms with E-state index in [-0.39, 0.29) is 5.54 Å². The van der Waals surface area contributed by atoms with Crippen LogP contribution in [0.5, 0.6) is 0 Å². The highest BCUT2D eigenvalue weighted by molar-refractivity contribution is 6.30. The van der Waals surface area contributed by atoms with Crippen LogP contribution in [0.15, 0.2) is 49.6 Å². The van der Waals surface area contributed by atoms with Crippen molar-refractivity contribution >= 4 is 11.6 Å². The van der Waals surface area contributed by atoms with E-state index in [1.54, 1.807) is 0 Å². The molecular weight excluding hydrogens is 218 g/mol. The molecule has 0 spiro atoms. The lowest BCUT2D eigenvalue weighted by Gasteiger charge is -2.27. The van der Waals surface area contributed by atoms with Crippen molar-refractivity contribution in [3.63, 3.8) is 0 Å². The van der Waals surface area contributed by atoms with E-state index in [2.05, 4.69) is 13.2 Å². The quantitative estimate of drug-likeness (QED) is 0.747. The Balaban J connectivity index is 2.78. The van der Waals surface area contributed by atoms with Gasteiger partial charge in [0.25, 0.3) is 0 Å². The SMILES string of the molecule is C=CCC(N)(CC=C)Cc1ccc(Cl)cc1. The number of benzene rings is 1. The zero-order valence-electron chi connectivity index (χ0n) is 9.45. The van der Waals surface area contributed by atoms with Crippen LogP contribution in [0, 0.1) is 0 Å². The molecule has 0 aliphatic heterocycles. The number of hydrogen-bond acceptors (Lipinski definition) is 1. The third-order valence-corrected chi connectivity index (χ3v) is 2.82. The van der Waals surface area contributed by atoms with Crippen LogP contribution in [0.1, 0.15) is 18.4 Å². The van der Waals surface area contributed by atoms with Gasteiger partial charge in [-0.25, -0.2) is 0 Å². The molecule has 0 saturated carbocycles. The Morgan fingerprint density at radius 1 is 1.12 bits per heavy atom. The maximum atomic E-state index is 6.31. The first kappa shape index (κ1) is 13.0. The molecule has 0 heterocycles. The third kappa shape index (κ3) is 3.84. The van der Waals surface area contributed by atoms with Gasteiger partial charge >= 0.3 is 0 Å². The fourth-order valence-electron chi connectivity index (χ4n) is 1.81. The number of halogens is 1. The third-order valence-electron chi connectivity index (χ3n) is 2.57. The molecule has 2 heteroatoms. The van der Waals surface area contributed by atoms with E-state index in [0.29, 0.717) is 0 Å². The van der Waals surface area contributed by atoms with Gasteiger partial charge in [0.05, 0.1) is 0 Å². The van der Waals surface area contributed by atoms with Crippen LogP contribution in [0.25, 0.3) is 0 Å². The highest BCUT2D eigenvalue weighted by atomic mass is 35.5. The average molecular weight is 236 g/mol. The molecule has 1 aromatic rings. The summed E-state index contributed by atoms with van der Waals surface area (Å²) >= 11 is 5.84. The molecule has 0 radical (unpaired) electrons. The summed E-state index contributed by atoms with van der Waals surface area (Å²) in [5.41, 5.74) is 7.22. The summed E-state index contributed by atoms with van der Waals surface area (Å²) in [5.74, 6) is 0. The first-order chi connectivity index (χ1) is 7.59. The van der Waals surface area contributed by atoms with E-state index < -0.39 is 0 Å². The minimum Gasteiger partial charge on any atom is -0.324 e. The van der Waals surface area contributed by atoms with Crippen LogP contribution in [0.3, 0.4) is 0 Å². The molecular formula is C14H18ClN. The maximum absolute atomic E-state index is 6.31. The van der Waals surface area contributed by atoms with E-state index in [1.807, 2.05) is 36.4 Å². The Bertz CT molecular complexity index is 344. The van der Waals surface area contributed by atoms with Crippen molar-refractivity contribution in [2.45, 2.75) is 24.8 Å². The van der Waals surface area contributed by atoms with Gasteiger partial charge in [0, 0.05) is 10.6 Å². The average Bonchev–Trinajstić information content (AvgIpc) is 2.22. The molecule has 0 atom stereocenters. The smallest absolute Gasteiger partial charge is 0.0406 e. The van der Waals surface area contributed by atoms with Crippen molar-refractivity contribution in [3.05, 3.63) is 60.2 Å². The van der Waals surface area contributed by atoms with Gasteiger partial charge in [-0.1, -0.05) is 35.9 Å². The van der Waals surface area contributed by atoms with Crippen LogP contribution in [-0.4, -0.2) is 5.54 Å². The van der Waals surface area contributed by atoms with E-state index in [0.717, 1.165) is 24.3 Å². The second-order valence-electron chi connectivity index (χ2n) is 4.15. The predicted molar refractivity (Wildman–Crippen MR) is 71.7 cm³/mol. The van der Waals surface area contributed by atoms with Crippen molar-refractivity contribution < 1.29 is 0 Å². The predicted octanol–water partition coefficient (Wildman–Crippen LogP) is 3.73. The Hall–Kier alpha value is -1.05. The second kappa shape index (κ2) is 5.88. The Morgan fingerprint density at radius 3 is 2.06 bits per heavy atom. The summed E-state index contributed by atoms with van der Waals surface area (Å²) < 4.78 is 0. The van der Waals surface area contributed by atoms with Gasteiger partial charge in [0.15, 0.2) is 0 Å². The van der Waals surface area contributed by atoms with Gasteiger partial charge in [0.2, 0.25) is 0 Å². The van der Waals surface area contributed by atoms with Crippen molar-refractivity contribution in [2.75, 3.05) is 0 Å². The van der Waals surface area contributed by atoms with Gasteiger partial charge < -0.3 is 5.73 Å².